The molecule has 0 fully saturated rings. The van der Waals surface area contributed by atoms with E-state index in [0.717, 1.165) is 5.56 Å². The van der Waals surface area contributed by atoms with Crippen molar-refractivity contribution >= 4 is 23.2 Å². The normalized spacial score (nSPS) is 12.6. The number of hydrogen-bond acceptors (Lipinski definition) is 4. The van der Waals surface area contributed by atoms with Crippen LogP contribution in [0.3, 0.4) is 0 Å². The molecule has 1 amide bonds. The first-order valence-electron chi connectivity index (χ1n) is 7.18. The number of anilines is 1. The van der Waals surface area contributed by atoms with Gasteiger partial charge >= 0.3 is 0 Å². The van der Waals surface area contributed by atoms with E-state index in [1.807, 2.05) is 12.1 Å². The van der Waals surface area contributed by atoms with Crippen molar-refractivity contribution in [2.75, 3.05) is 25.6 Å². The Kier molecular flexibility index (Phi) is 4.57. The zero-order chi connectivity index (χ0) is 16.2. The third-order valence-corrected chi connectivity index (χ3v) is 3.68. The van der Waals surface area contributed by atoms with E-state index in [1.165, 1.54) is 0 Å². The quantitative estimate of drug-likeness (QED) is 0.932. The maximum absolute atomic E-state index is 12.2. The van der Waals surface area contributed by atoms with Crippen molar-refractivity contribution in [3.05, 3.63) is 47.0 Å². The summed E-state index contributed by atoms with van der Waals surface area (Å²) in [5, 5.41) is 3.28. The van der Waals surface area contributed by atoms with Crippen LogP contribution in [0.2, 0.25) is 5.02 Å². The monoisotopic (exact) mass is 333 g/mol. The number of fused-ring (bicyclic) bond motifs is 1. The van der Waals surface area contributed by atoms with Crippen molar-refractivity contribution in [3.8, 4) is 17.2 Å². The van der Waals surface area contributed by atoms with Gasteiger partial charge in [0.2, 0.25) is 5.91 Å². The minimum atomic E-state index is -0.165. The van der Waals surface area contributed by atoms with Crippen LogP contribution in [-0.2, 0) is 11.2 Å². The molecule has 2 aromatic carbocycles. The fourth-order valence-electron chi connectivity index (χ4n) is 2.39. The van der Waals surface area contributed by atoms with Gasteiger partial charge in [-0.1, -0.05) is 23.7 Å². The Morgan fingerprint density at radius 1 is 1.26 bits per heavy atom. The second kappa shape index (κ2) is 6.79. The predicted octanol–water partition coefficient (Wildman–Crippen LogP) is 3.30. The second-order valence-corrected chi connectivity index (χ2v) is 5.43. The van der Waals surface area contributed by atoms with Crippen LogP contribution < -0.4 is 19.5 Å². The summed E-state index contributed by atoms with van der Waals surface area (Å²) in [7, 11) is 1.56. The van der Waals surface area contributed by atoms with Gasteiger partial charge in [-0.3, -0.25) is 4.79 Å². The third-order valence-electron chi connectivity index (χ3n) is 3.40. The van der Waals surface area contributed by atoms with Crippen molar-refractivity contribution in [1.29, 1.82) is 0 Å². The SMILES string of the molecule is COc1ccccc1NC(=O)Cc1cc(Cl)c2c(c1)OCCO2. The second-order valence-electron chi connectivity index (χ2n) is 5.03. The summed E-state index contributed by atoms with van der Waals surface area (Å²) in [6, 6.07) is 10.7. The Labute approximate surface area is 139 Å². The van der Waals surface area contributed by atoms with E-state index >= 15 is 0 Å². The number of hydrogen-bond donors (Lipinski definition) is 1. The molecule has 5 nitrogen and oxygen atoms in total. The van der Waals surface area contributed by atoms with Crippen molar-refractivity contribution in [1.82, 2.24) is 0 Å². The van der Waals surface area contributed by atoms with Crippen LogP contribution >= 0.6 is 11.6 Å². The average molecular weight is 334 g/mol. The number of para-hydroxylation sites is 2. The number of amides is 1. The van der Waals surface area contributed by atoms with Crippen molar-refractivity contribution in [3.63, 3.8) is 0 Å². The van der Waals surface area contributed by atoms with Gasteiger partial charge in [0.15, 0.2) is 11.5 Å². The van der Waals surface area contributed by atoms with Crippen LogP contribution in [0.25, 0.3) is 0 Å². The van der Waals surface area contributed by atoms with Gasteiger partial charge in [0, 0.05) is 0 Å². The molecule has 0 unspecified atom stereocenters. The van der Waals surface area contributed by atoms with E-state index in [2.05, 4.69) is 5.32 Å². The lowest BCUT2D eigenvalue weighted by atomic mass is 10.1. The lowest BCUT2D eigenvalue weighted by molar-refractivity contribution is -0.115. The maximum atomic E-state index is 12.2. The number of methoxy groups -OCH3 is 1. The molecule has 0 saturated heterocycles. The summed E-state index contributed by atoms with van der Waals surface area (Å²) in [6.07, 6.45) is 0.175. The smallest absolute Gasteiger partial charge is 0.228 e. The molecule has 0 atom stereocenters. The summed E-state index contributed by atoms with van der Waals surface area (Å²) >= 11 is 6.18. The van der Waals surface area contributed by atoms with Gasteiger partial charge in [0.05, 0.1) is 24.2 Å². The Morgan fingerprint density at radius 3 is 2.87 bits per heavy atom. The molecule has 0 radical (unpaired) electrons. The Hall–Kier alpha value is -2.40. The lowest BCUT2D eigenvalue weighted by Gasteiger charge is -2.20. The van der Waals surface area contributed by atoms with Crippen molar-refractivity contribution in [2.24, 2.45) is 0 Å². The molecule has 23 heavy (non-hydrogen) atoms. The maximum Gasteiger partial charge on any atom is 0.228 e. The molecule has 120 valence electrons. The van der Waals surface area contributed by atoms with E-state index in [4.69, 9.17) is 25.8 Å². The highest BCUT2D eigenvalue weighted by Crippen LogP contribution is 2.38. The lowest BCUT2D eigenvalue weighted by Crippen LogP contribution is -2.17. The number of nitrogens with one attached hydrogen (secondary N) is 1. The van der Waals surface area contributed by atoms with E-state index in [1.54, 1.807) is 31.4 Å². The molecule has 3 rings (SSSR count). The Bertz CT molecular complexity index is 733. The number of rotatable bonds is 4. The van der Waals surface area contributed by atoms with Gasteiger partial charge in [-0.2, -0.15) is 0 Å². The average Bonchev–Trinajstić information content (AvgIpc) is 2.55. The first kappa shape index (κ1) is 15.5. The van der Waals surface area contributed by atoms with Crippen LogP contribution in [0.1, 0.15) is 5.56 Å². The fraction of sp³-hybridized carbons (Fsp3) is 0.235. The molecule has 0 saturated carbocycles. The van der Waals surface area contributed by atoms with E-state index in [0.29, 0.717) is 41.2 Å². The minimum absolute atomic E-state index is 0.165. The highest BCUT2D eigenvalue weighted by molar-refractivity contribution is 6.32. The van der Waals surface area contributed by atoms with Gasteiger partial charge in [0.1, 0.15) is 19.0 Å². The Morgan fingerprint density at radius 2 is 2.04 bits per heavy atom. The highest BCUT2D eigenvalue weighted by atomic mass is 35.5. The van der Waals surface area contributed by atoms with Gasteiger partial charge in [0.25, 0.3) is 0 Å². The topological polar surface area (TPSA) is 56.8 Å². The molecule has 0 spiro atoms. The molecular weight excluding hydrogens is 318 g/mol. The van der Waals surface area contributed by atoms with E-state index < -0.39 is 0 Å². The molecule has 0 bridgehead atoms. The predicted molar refractivity (Wildman–Crippen MR) is 87.8 cm³/mol. The first-order valence-corrected chi connectivity index (χ1v) is 7.56. The van der Waals surface area contributed by atoms with Gasteiger partial charge in [-0.05, 0) is 29.8 Å². The fourth-order valence-corrected chi connectivity index (χ4v) is 2.68. The third kappa shape index (κ3) is 3.51. The minimum Gasteiger partial charge on any atom is -0.495 e. The van der Waals surface area contributed by atoms with Crippen molar-refractivity contribution in [2.45, 2.75) is 6.42 Å². The standard InChI is InChI=1S/C17H16ClNO4/c1-21-14-5-3-2-4-13(14)19-16(20)10-11-8-12(18)17-15(9-11)22-6-7-23-17/h2-5,8-9H,6-7,10H2,1H3,(H,19,20). The molecule has 1 aliphatic rings. The molecule has 1 aliphatic heterocycles. The summed E-state index contributed by atoms with van der Waals surface area (Å²) in [5.74, 6) is 1.55. The largest absolute Gasteiger partial charge is 0.495 e. The van der Waals surface area contributed by atoms with Crippen LogP contribution in [0, 0.1) is 0 Å². The highest BCUT2D eigenvalue weighted by Gasteiger charge is 2.18. The number of ether oxygens (including phenoxy) is 3. The zero-order valence-electron chi connectivity index (χ0n) is 12.6. The summed E-state index contributed by atoms with van der Waals surface area (Å²) in [6.45, 7) is 0.945. The van der Waals surface area contributed by atoms with Crippen LogP contribution in [0.5, 0.6) is 17.2 Å². The van der Waals surface area contributed by atoms with Crippen molar-refractivity contribution < 1.29 is 19.0 Å². The van der Waals surface area contributed by atoms with E-state index in [9.17, 15) is 4.79 Å². The molecule has 6 heteroatoms. The molecule has 0 aliphatic carbocycles. The molecule has 0 aromatic heterocycles. The van der Waals surface area contributed by atoms with Gasteiger partial charge in [-0.25, -0.2) is 0 Å². The number of carbonyl (C=O) groups excluding carboxylic acids is 1. The van der Waals surface area contributed by atoms with Gasteiger partial charge in [-0.15, -0.1) is 0 Å². The summed E-state index contributed by atoms with van der Waals surface area (Å²) in [5.41, 5.74) is 1.38. The first-order chi connectivity index (χ1) is 11.2. The molecule has 1 N–H and O–H groups in total. The molecule has 1 heterocycles. The zero-order valence-corrected chi connectivity index (χ0v) is 13.4. The van der Waals surface area contributed by atoms with Gasteiger partial charge < -0.3 is 19.5 Å². The molecule has 2 aromatic rings. The van der Waals surface area contributed by atoms with Crippen LogP contribution in [0.15, 0.2) is 36.4 Å². The number of halogens is 1. The Balaban J connectivity index is 1.74. The van der Waals surface area contributed by atoms with E-state index in [-0.39, 0.29) is 12.3 Å². The number of carbonyl (C=O) groups is 1. The van der Waals surface area contributed by atoms with Crippen LogP contribution in [-0.4, -0.2) is 26.2 Å². The summed E-state index contributed by atoms with van der Waals surface area (Å²) < 4.78 is 16.2. The van der Waals surface area contributed by atoms with Crippen LogP contribution in [0.4, 0.5) is 5.69 Å². The number of benzene rings is 2. The summed E-state index contributed by atoms with van der Waals surface area (Å²) in [4.78, 5) is 12.2. The molecular formula is C17H16ClNO4.